The Bertz CT molecular complexity index is 925. The number of carbonyl (C=O) groups excluding carboxylic acids is 1. The minimum Gasteiger partial charge on any atom is -0.507 e. The second kappa shape index (κ2) is 8.23. The first kappa shape index (κ1) is 18.3. The lowest BCUT2D eigenvalue weighted by molar-refractivity contribution is -0.671. The number of benzene rings is 1. The largest absolute Gasteiger partial charge is 0.507 e. The van der Waals surface area contributed by atoms with Crippen molar-refractivity contribution in [3.63, 3.8) is 0 Å². The van der Waals surface area contributed by atoms with Crippen LogP contribution in [0, 0.1) is 0 Å². The van der Waals surface area contributed by atoms with Crippen molar-refractivity contribution in [3.8, 4) is 5.75 Å². The SMILES string of the molecule is C[n+]1ccc(C=Cc2cc(C=O)cc(C=Cc3cc[n+](C)cc3)c2O)cc1. The summed E-state index contributed by atoms with van der Waals surface area (Å²) >= 11 is 0. The van der Waals surface area contributed by atoms with Gasteiger partial charge in [-0.25, -0.2) is 9.13 Å². The summed E-state index contributed by atoms with van der Waals surface area (Å²) in [5.74, 6) is 0.149. The molecule has 134 valence electrons. The third-order valence-electron chi connectivity index (χ3n) is 4.25. The van der Waals surface area contributed by atoms with E-state index in [-0.39, 0.29) is 5.75 Å². The molecule has 0 aliphatic rings. The molecule has 0 saturated heterocycles. The first-order valence-electron chi connectivity index (χ1n) is 8.64. The highest BCUT2D eigenvalue weighted by atomic mass is 16.3. The van der Waals surface area contributed by atoms with E-state index in [2.05, 4.69) is 0 Å². The molecule has 0 bridgehead atoms. The van der Waals surface area contributed by atoms with Crippen LogP contribution in [0.15, 0.2) is 61.2 Å². The Morgan fingerprint density at radius 1 is 0.704 bits per heavy atom. The number of carbonyl (C=O) groups is 1. The zero-order chi connectivity index (χ0) is 19.2. The van der Waals surface area contributed by atoms with Crippen molar-refractivity contribution in [1.29, 1.82) is 0 Å². The molecule has 3 aromatic rings. The standard InChI is InChI=1S/C23H21N2O2/c1-24-11-7-18(8-12-24)3-5-21-15-20(17-26)16-22(23(21)27)6-4-19-9-13-25(2)14-10-19/h3-17H,1-2H3/q+1/p+1. The lowest BCUT2D eigenvalue weighted by atomic mass is 10.0. The fourth-order valence-corrected chi connectivity index (χ4v) is 2.65. The number of aromatic hydroxyl groups is 1. The Kier molecular flexibility index (Phi) is 5.57. The third kappa shape index (κ3) is 4.76. The van der Waals surface area contributed by atoms with Crippen LogP contribution in [-0.2, 0) is 14.1 Å². The first-order valence-corrected chi connectivity index (χ1v) is 8.64. The molecule has 2 heterocycles. The molecular weight excluding hydrogens is 336 g/mol. The number of rotatable bonds is 5. The quantitative estimate of drug-likeness (QED) is 0.562. The number of aldehydes is 1. The van der Waals surface area contributed by atoms with Gasteiger partial charge >= 0.3 is 0 Å². The van der Waals surface area contributed by atoms with Crippen molar-refractivity contribution in [2.75, 3.05) is 0 Å². The van der Waals surface area contributed by atoms with E-state index < -0.39 is 0 Å². The molecule has 0 saturated carbocycles. The lowest BCUT2D eigenvalue weighted by Crippen LogP contribution is -2.25. The van der Waals surface area contributed by atoms with E-state index in [1.807, 2.05) is 96.6 Å². The zero-order valence-corrected chi connectivity index (χ0v) is 15.4. The van der Waals surface area contributed by atoms with E-state index in [0.29, 0.717) is 16.7 Å². The van der Waals surface area contributed by atoms with Crippen molar-refractivity contribution in [2.45, 2.75) is 0 Å². The Morgan fingerprint density at radius 2 is 1.11 bits per heavy atom. The van der Waals surface area contributed by atoms with Crippen molar-refractivity contribution in [3.05, 3.63) is 89.0 Å². The summed E-state index contributed by atoms with van der Waals surface area (Å²) in [7, 11) is 3.91. The summed E-state index contributed by atoms with van der Waals surface area (Å²) in [5.41, 5.74) is 3.75. The number of aryl methyl sites for hydroxylation is 2. The van der Waals surface area contributed by atoms with Crippen molar-refractivity contribution in [1.82, 2.24) is 0 Å². The van der Waals surface area contributed by atoms with E-state index in [1.54, 1.807) is 12.1 Å². The molecule has 1 aromatic carbocycles. The van der Waals surface area contributed by atoms with Gasteiger partial charge in [0.05, 0.1) is 0 Å². The van der Waals surface area contributed by atoms with E-state index in [9.17, 15) is 9.90 Å². The van der Waals surface area contributed by atoms with Gasteiger partial charge in [0.15, 0.2) is 24.8 Å². The van der Waals surface area contributed by atoms with Crippen molar-refractivity contribution in [2.24, 2.45) is 14.1 Å². The molecule has 0 unspecified atom stereocenters. The van der Waals surface area contributed by atoms with Crippen LogP contribution in [0.2, 0.25) is 0 Å². The van der Waals surface area contributed by atoms with E-state index in [1.165, 1.54) is 0 Å². The highest BCUT2D eigenvalue weighted by Crippen LogP contribution is 2.28. The molecule has 27 heavy (non-hydrogen) atoms. The van der Waals surface area contributed by atoms with Crippen LogP contribution < -0.4 is 9.13 Å². The highest BCUT2D eigenvalue weighted by molar-refractivity contribution is 5.85. The molecule has 2 aromatic heterocycles. The van der Waals surface area contributed by atoms with Crippen LogP contribution in [-0.4, -0.2) is 11.4 Å². The van der Waals surface area contributed by atoms with E-state index in [4.69, 9.17) is 0 Å². The minimum absolute atomic E-state index is 0.149. The van der Waals surface area contributed by atoms with Gasteiger partial charge in [-0.3, -0.25) is 4.79 Å². The van der Waals surface area contributed by atoms with Crippen LogP contribution in [0.25, 0.3) is 24.3 Å². The zero-order valence-electron chi connectivity index (χ0n) is 15.4. The molecule has 0 fully saturated rings. The molecule has 0 aliphatic carbocycles. The fourth-order valence-electron chi connectivity index (χ4n) is 2.65. The van der Waals surface area contributed by atoms with Crippen LogP contribution in [0.3, 0.4) is 0 Å². The van der Waals surface area contributed by atoms with Gasteiger partial charge in [0.2, 0.25) is 0 Å². The number of phenols is 1. The predicted octanol–water partition coefficient (Wildman–Crippen LogP) is 3.19. The summed E-state index contributed by atoms with van der Waals surface area (Å²) < 4.78 is 3.91. The minimum atomic E-state index is 0.149. The summed E-state index contributed by atoms with van der Waals surface area (Å²) in [6.07, 6.45) is 16.1. The van der Waals surface area contributed by atoms with Crippen LogP contribution >= 0.6 is 0 Å². The van der Waals surface area contributed by atoms with Crippen molar-refractivity contribution < 1.29 is 19.0 Å². The molecule has 3 rings (SSSR count). The van der Waals surface area contributed by atoms with E-state index >= 15 is 0 Å². The highest BCUT2D eigenvalue weighted by Gasteiger charge is 2.06. The molecule has 0 aliphatic heterocycles. The number of hydrogen-bond acceptors (Lipinski definition) is 2. The number of nitrogens with zero attached hydrogens (tertiary/aromatic N) is 2. The number of pyridine rings is 2. The summed E-state index contributed by atoms with van der Waals surface area (Å²) in [6.45, 7) is 0. The maximum atomic E-state index is 11.3. The van der Waals surface area contributed by atoms with Gasteiger partial charge in [-0.1, -0.05) is 24.3 Å². The molecule has 0 amide bonds. The Hall–Kier alpha value is -3.53. The first-order chi connectivity index (χ1) is 13.0. The second-order valence-corrected chi connectivity index (χ2v) is 6.43. The monoisotopic (exact) mass is 358 g/mol. The van der Waals surface area contributed by atoms with Gasteiger partial charge in [-0.2, -0.15) is 0 Å². The average Bonchev–Trinajstić information content (AvgIpc) is 2.68. The molecule has 1 N–H and O–H groups in total. The molecule has 4 heteroatoms. The number of aromatic nitrogens is 2. The Balaban J connectivity index is 1.93. The molecule has 0 atom stereocenters. The van der Waals surface area contributed by atoms with Crippen molar-refractivity contribution >= 4 is 30.6 Å². The Morgan fingerprint density at radius 3 is 1.48 bits per heavy atom. The maximum Gasteiger partial charge on any atom is 0.169 e. The fraction of sp³-hybridized carbons (Fsp3) is 0.0870. The topological polar surface area (TPSA) is 45.1 Å². The Labute approximate surface area is 159 Å². The third-order valence-corrected chi connectivity index (χ3v) is 4.25. The average molecular weight is 358 g/mol. The molecule has 4 nitrogen and oxygen atoms in total. The van der Waals surface area contributed by atoms with Gasteiger partial charge < -0.3 is 5.11 Å². The van der Waals surface area contributed by atoms with Gasteiger partial charge in [0.25, 0.3) is 0 Å². The maximum absolute atomic E-state index is 11.3. The van der Waals surface area contributed by atoms with Crippen LogP contribution in [0.5, 0.6) is 5.75 Å². The van der Waals surface area contributed by atoms with Gasteiger partial charge in [0, 0.05) is 41.0 Å². The van der Waals surface area contributed by atoms with E-state index in [0.717, 1.165) is 17.4 Å². The summed E-state index contributed by atoms with van der Waals surface area (Å²) in [5, 5.41) is 10.6. The summed E-state index contributed by atoms with van der Waals surface area (Å²) in [4.78, 5) is 11.3. The van der Waals surface area contributed by atoms with Gasteiger partial charge in [-0.15, -0.1) is 0 Å². The van der Waals surface area contributed by atoms with Gasteiger partial charge in [0.1, 0.15) is 26.1 Å². The summed E-state index contributed by atoms with van der Waals surface area (Å²) in [6, 6.07) is 11.3. The molecule has 0 radical (unpaired) electrons. The number of hydrogen-bond donors (Lipinski definition) is 1. The smallest absolute Gasteiger partial charge is 0.169 e. The molecular formula is C23H22N2O2+2. The number of phenolic OH excluding ortho intramolecular Hbond substituents is 1. The lowest BCUT2D eigenvalue weighted by Gasteiger charge is -2.06. The van der Waals surface area contributed by atoms with Crippen LogP contribution in [0.1, 0.15) is 32.6 Å². The molecule has 0 spiro atoms. The van der Waals surface area contributed by atoms with Crippen LogP contribution in [0.4, 0.5) is 0 Å². The predicted molar refractivity (Wildman–Crippen MR) is 107 cm³/mol. The normalized spacial score (nSPS) is 11.3. The van der Waals surface area contributed by atoms with Gasteiger partial charge in [-0.05, 0) is 23.3 Å². The second-order valence-electron chi connectivity index (χ2n) is 6.43.